The van der Waals surface area contributed by atoms with Crippen molar-refractivity contribution < 1.29 is 8.42 Å². The lowest BCUT2D eigenvalue weighted by molar-refractivity contribution is 0.353. The molecule has 0 atom stereocenters. The van der Waals surface area contributed by atoms with Crippen molar-refractivity contribution >= 4 is 15.8 Å². The molecule has 1 aliphatic rings. The van der Waals surface area contributed by atoms with E-state index in [0.717, 1.165) is 18.9 Å². The fourth-order valence-electron chi connectivity index (χ4n) is 3.63. The van der Waals surface area contributed by atoms with E-state index in [1.165, 1.54) is 22.3 Å². The molecular formula is C20H33N3O2S. The minimum absolute atomic E-state index is 0.181. The molecule has 0 radical (unpaired) electrons. The first-order valence-corrected chi connectivity index (χ1v) is 11.0. The molecule has 0 bridgehead atoms. The van der Waals surface area contributed by atoms with Crippen molar-refractivity contribution in [1.82, 2.24) is 10.2 Å². The molecule has 6 heteroatoms. The summed E-state index contributed by atoms with van der Waals surface area (Å²) in [5.41, 5.74) is 5.27. The topological polar surface area (TPSA) is 61.8 Å². The van der Waals surface area contributed by atoms with Gasteiger partial charge in [0.2, 0.25) is 0 Å². The quantitative estimate of drug-likeness (QED) is 0.645. The summed E-state index contributed by atoms with van der Waals surface area (Å²) in [6.45, 7) is 14.5. The van der Waals surface area contributed by atoms with Gasteiger partial charge in [0.15, 0.2) is 15.8 Å². The third-order valence-corrected chi connectivity index (χ3v) is 7.67. The Labute approximate surface area is 158 Å². The molecule has 0 unspecified atom stereocenters. The Bertz CT molecular complexity index is 759. The molecule has 2 rings (SSSR count). The molecule has 0 amide bonds. The lowest BCUT2D eigenvalue weighted by Gasteiger charge is -2.39. The van der Waals surface area contributed by atoms with Gasteiger partial charge in [-0.15, -0.1) is 0 Å². The molecule has 1 saturated heterocycles. The highest BCUT2D eigenvalue weighted by Crippen LogP contribution is 2.24. The smallest absolute Gasteiger partial charge is 0.194 e. The number of rotatable bonds is 4. The normalized spacial score (nSPS) is 19.5. The maximum Gasteiger partial charge on any atom is 0.194 e. The summed E-state index contributed by atoms with van der Waals surface area (Å²) >= 11 is 0. The number of hydrogen-bond donors (Lipinski definition) is 1. The molecule has 1 aliphatic heterocycles. The number of guanidine groups is 1. The van der Waals surface area contributed by atoms with Crippen LogP contribution in [-0.4, -0.2) is 56.0 Å². The van der Waals surface area contributed by atoms with Crippen LogP contribution >= 0.6 is 0 Å². The second kappa shape index (κ2) is 7.99. The Morgan fingerprint density at radius 3 is 2.38 bits per heavy atom. The van der Waals surface area contributed by atoms with Crippen LogP contribution in [0.25, 0.3) is 0 Å². The second-order valence-corrected chi connectivity index (χ2v) is 10.6. The molecule has 0 spiro atoms. The van der Waals surface area contributed by atoms with E-state index in [-0.39, 0.29) is 5.75 Å². The average molecular weight is 380 g/mol. The summed E-state index contributed by atoms with van der Waals surface area (Å²) in [5.74, 6) is 0.999. The van der Waals surface area contributed by atoms with Crippen LogP contribution in [0.15, 0.2) is 17.1 Å². The zero-order valence-electron chi connectivity index (χ0n) is 17.0. The molecule has 5 nitrogen and oxygen atoms in total. The van der Waals surface area contributed by atoms with E-state index >= 15 is 0 Å². The minimum atomic E-state index is -3.05. The minimum Gasteiger partial charge on any atom is -0.357 e. The predicted octanol–water partition coefficient (Wildman–Crippen LogP) is 2.63. The zero-order chi connectivity index (χ0) is 19.5. The van der Waals surface area contributed by atoms with Crippen molar-refractivity contribution in [2.24, 2.45) is 4.99 Å². The van der Waals surface area contributed by atoms with Gasteiger partial charge in [0.1, 0.15) is 0 Å². The lowest BCUT2D eigenvalue weighted by atomic mass is 9.97. The molecule has 26 heavy (non-hydrogen) atoms. The summed E-state index contributed by atoms with van der Waals surface area (Å²) in [4.78, 5) is 6.87. The van der Waals surface area contributed by atoms with E-state index in [1.54, 1.807) is 13.8 Å². The largest absolute Gasteiger partial charge is 0.357 e. The monoisotopic (exact) mass is 379 g/mol. The first-order chi connectivity index (χ1) is 12.1. The first kappa shape index (κ1) is 20.7. The maximum absolute atomic E-state index is 12.2. The average Bonchev–Trinajstić information content (AvgIpc) is 2.51. The Balaban J connectivity index is 2.13. The maximum atomic E-state index is 12.2. The van der Waals surface area contributed by atoms with Gasteiger partial charge < -0.3 is 10.2 Å². The lowest BCUT2D eigenvalue weighted by Crippen LogP contribution is -2.57. The molecule has 1 aromatic carbocycles. The van der Waals surface area contributed by atoms with Gasteiger partial charge in [0, 0.05) is 26.2 Å². The van der Waals surface area contributed by atoms with Crippen LogP contribution in [0.3, 0.4) is 0 Å². The Morgan fingerprint density at radius 2 is 1.85 bits per heavy atom. The van der Waals surface area contributed by atoms with Crippen LogP contribution in [0.2, 0.25) is 0 Å². The molecule has 1 aromatic rings. The molecule has 0 aromatic heterocycles. The van der Waals surface area contributed by atoms with E-state index in [0.29, 0.717) is 19.6 Å². The molecule has 1 N–H and O–H groups in total. The fourth-order valence-corrected chi connectivity index (χ4v) is 4.99. The Hall–Kier alpha value is -1.56. The van der Waals surface area contributed by atoms with Crippen LogP contribution < -0.4 is 5.32 Å². The third kappa shape index (κ3) is 4.58. The summed E-state index contributed by atoms with van der Waals surface area (Å²) < 4.78 is 23.7. The van der Waals surface area contributed by atoms with Crippen LogP contribution in [-0.2, 0) is 16.3 Å². The van der Waals surface area contributed by atoms with E-state index in [2.05, 4.69) is 43.1 Å². The van der Waals surface area contributed by atoms with Crippen LogP contribution in [0.5, 0.6) is 0 Å². The van der Waals surface area contributed by atoms with Gasteiger partial charge in [-0.3, -0.25) is 4.99 Å². The van der Waals surface area contributed by atoms with Crippen molar-refractivity contribution in [2.75, 3.05) is 31.9 Å². The van der Waals surface area contributed by atoms with Gasteiger partial charge in [-0.05, 0) is 64.7 Å². The number of sulfone groups is 1. The molecular weight excluding hydrogens is 346 g/mol. The Morgan fingerprint density at radius 1 is 1.23 bits per heavy atom. The molecule has 0 aliphatic carbocycles. The van der Waals surface area contributed by atoms with Gasteiger partial charge >= 0.3 is 0 Å². The molecule has 1 heterocycles. The van der Waals surface area contributed by atoms with E-state index in [9.17, 15) is 8.42 Å². The van der Waals surface area contributed by atoms with Crippen molar-refractivity contribution in [3.63, 3.8) is 0 Å². The SMILES string of the molecule is CCNC(=NCCc1c(C)cc(C)cc1C)N1CCS(=O)(=O)C(C)(C)C1. The van der Waals surface area contributed by atoms with Gasteiger partial charge in [0.05, 0.1) is 10.5 Å². The van der Waals surface area contributed by atoms with Gasteiger partial charge in [0.25, 0.3) is 0 Å². The molecule has 0 saturated carbocycles. The fraction of sp³-hybridized carbons (Fsp3) is 0.650. The first-order valence-electron chi connectivity index (χ1n) is 9.39. The number of nitrogens with one attached hydrogen (secondary N) is 1. The van der Waals surface area contributed by atoms with Gasteiger partial charge in [-0.2, -0.15) is 0 Å². The number of aryl methyl sites for hydroxylation is 3. The van der Waals surface area contributed by atoms with Crippen LogP contribution in [0.4, 0.5) is 0 Å². The predicted molar refractivity (Wildman–Crippen MR) is 110 cm³/mol. The summed E-state index contributed by atoms with van der Waals surface area (Å²) in [6.07, 6.45) is 0.891. The van der Waals surface area contributed by atoms with Crippen molar-refractivity contribution in [3.8, 4) is 0 Å². The second-order valence-electron chi connectivity index (χ2n) is 7.86. The van der Waals surface area contributed by atoms with Gasteiger partial charge in [-0.25, -0.2) is 8.42 Å². The third-order valence-electron chi connectivity index (χ3n) is 5.14. The number of benzene rings is 1. The zero-order valence-corrected chi connectivity index (χ0v) is 17.8. The number of hydrogen-bond acceptors (Lipinski definition) is 3. The summed E-state index contributed by atoms with van der Waals surface area (Å²) in [5, 5.41) is 3.32. The van der Waals surface area contributed by atoms with E-state index in [1.807, 2.05) is 6.92 Å². The highest BCUT2D eigenvalue weighted by atomic mass is 32.2. The van der Waals surface area contributed by atoms with Gasteiger partial charge in [-0.1, -0.05) is 17.7 Å². The van der Waals surface area contributed by atoms with E-state index in [4.69, 9.17) is 4.99 Å². The summed E-state index contributed by atoms with van der Waals surface area (Å²) in [6, 6.07) is 4.44. The van der Waals surface area contributed by atoms with Crippen molar-refractivity contribution in [1.29, 1.82) is 0 Å². The van der Waals surface area contributed by atoms with Crippen LogP contribution in [0, 0.1) is 20.8 Å². The highest BCUT2D eigenvalue weighted by molar-refractivity contribution is 7.92. The van der Waals surface area contributed by atoms with Crippen molar-refractivity contribution in [3.05, 3.63) is 34.4 Å². The van der Waals surface area contributed by atoms with Crippen molar-refractivity contribution in [2.45, 2.75) is 52.7 Å². The van der Waals surface area contributed by atoms with Crippen LogP contribution in [0.1, 0.15) is 43.0 Å². The molecule has 1 fully saturated rings. The summed E-state index contributed by atoms with van der Waals surface area (Å²) in [7, 11) is -3.05. The highest BCUT2D eigenvalue weighted by Gasteiger charge is 2.40. The number of nitrogens with zero attached hydrogens (tertiary/aromatic N) is 2. The Kier molecular flexibility index (Phi) is 6.37. The van der Waals surface area contributed by atoms with E-state index < -0.39 is 14.6 Å². The standard InChI is InChI=1S/C20H33N3O2S/c1-7-21-19(23-10-11-26(24,25)20(5,6)14-23)22-9-8-18-16(3)12-15(2)13-17(18)4/h12-13H,7-11,14H2,1-6H3,(H,21,22). The number of aliphatic imine (C=N–C) groups is 1. The molecule has 146 valence electrons.